The number of aromatic amines is 1. The van der Waals surface area contributed by atoms with Gasteiger partial charge in [0, 0.05) is 30.7 Å². The summed E-state index contributed by atoms with van der Waals surface area (Å²) in [4.78, 5) is 7.14. The first-order valence-electron chi connectivity index (χ1n) is 6.85. The molecule has 22 heavy (non-hydrogen) atoms. The van der Waals surface area contributed by atoms with Crippen LogP contribution in [0.1, 0.15) is 11.4 Å². The predicted octanol–water partition coefficient (Wildman–Crippen LogP) is 3.22. The first-order valence-corrected chi connectivity index (χ1v) is 6.85. The van der Waals surface area contributed by atoms with Crippen LogP contribution in [0.2, 0.25) is 0 Å². The summed E-state index contributed by atoms with van der Waals surface area (Å²) in [5.41, 5.74) is 2.10. The van der Waals surface area contributed by atoms with Crippen LogP contribution < -0.4 is 5.32 Å². The van der Waals surface area contributed by atoms with Crippen LogP contribution in [0.25, 0.3) is 10.9 Å². The Morgan fingerprint density at radius 3 is 2.86 bits per heavy atom. The van der Waals surface area contributed by atoms with E-state index in [9.17, 15) is 13.2 Å². The van der Waals surface area contributed by atoms with Gasteiger partial charge in [0.15, 0.2) is 0 Å². The number of H-pyrrole nitrogens is 1. The van der Waals surface area contributed by atoms with Crippen LogP contribution >= 0.6 is 0 Å². The van der Waals surface area contributed by atoms with Crippen molar-refractivity contribution in [3.05, 3.63) is 54.2 Å². The predicted molar refractivity (Wildman–Crippen MR) is 77.1 cm³/mol. The number of rotatable bonds is 5. The van der Waals surface area contributed by atoms with Gasteiger partial charge in [0.2, 0.25) is 0 Å². The lowest BCUT2D eigenvalue weighted by molar-refractivity contribution is -0.141. The van der Waals surface area contributed by atoms with E-state index in [0.717, 1.165) is 21.0 Å². The molecule has 0 spiro atoms. The number of benzene rings is 1. The molecule has 0 aliphatic heterocycles. The number of nitrogens with one attached hydrogen (secondary N) is 2. The molecule has 0 aliphatic rings. The Labute approximate surface area is 125 Å². The Hall–Kier alpha value is -2.28. The van der Waals surface area contributed by atoms with Gasteiger partial charge in [-0.1, -0.05) is 18.2 Å². The highest BCUT2D eigenvalue weighted by Gasteiger charge is 2.28. The van der Waals surface area contributed by atoms with E-state index in [0.29, 0.717) is 12.4 Å². The Kier molecular flexibility index (Phi) is 3.89. The summed E-state index contributed by atoms with van der Waals surface area (Å²) in [7, 11) is 0. The normalized spacial score (nSPS) is 12.1. The highest BCUT2D eigenvalue weighted by Crippen LogP contribution is 2.19. The summed E-state index contributed by atoms with van der Waals surface area (Å²) in [6.07, 6.45) is 0.347. The van der Waals surface area contributed by atoms with E-state index < -0.39 is 12.7 Å². The van der Waals surface area contributed by atoms with Crippen LogP contribution in [-0.4, -0.2) is 20.7 Å². The molecule has 0 amide bonds. The second kappa shape index (κ2) is 5.84. The monoisotopic (exact) mass is 308 g/mol. The average Bonchev–Trinajstić information content (AvgIpc) is 3.07. The first kappa shape index (κ1) is 14.6. The van der Waals surface area contributed by atoms with Crippen LogP contribution in [0.15, 0.2) is 42.9 Å². The Morgan fingerprint density at radius 1 is 1.18 bits per heavy atom. The van der Waals surface area contributed by atoms with Crippen molar-refractivity contribution in [2.45, 2.75) is 25.8 Å². The maximum absolute atomic E-state index is 12.5. The lowest BCUT2D eigenvalue weighted by Crippen LogP contribution is -2.22. The number of imidazole rings is 1. The highest BCUT2D eigenvalue weighted by molar-refractivity contribution is 5.82. The number of halogens is 3. The quantitative estimate of drug-likeness (QED) is 0.760. The molecule has 2 heterocycles. The van der Waals surface area contributed by atoms with Gasteiger partial charge < -0.3 is 14.9 Å². The number of nitrogens with zero attached hydrogens (tertiary/aromatic N) is 2. The zero-order valence-corrected chi connectivity index (χ0v) is 11.7. The summed E-state index contributed by atoms with van der Waals surface area (Å²) >= 11 is 0. The fourth-order valence-electron chi connectivity index (χ4n) is 2.45. The molecule has 0 atom stereocenters. The van der Waals surface area contributed by atoms with E-state index in [1.54, 1.807) is 0 Å². The van der Waals surface area contributed by atoms with E-state index in [1.165, 1.54) is 12.4 Å². The average molecular weight is 308 g/mol. The van der Waals surface area contributed by atoms with E-state index in [-0.39, 0.29) is 6.54 Å². The van der Waals surface area contributed by atoms with Crippen molar-refractivity contribution in [3.63, 3.8) is 0 Å². The molecule has 0 bridgehead atoms. The van der Waals surface area contributed by atoms with Crippen molar-refractivity contribution in [2.75, 3.05) is 0 Å². The molecule has 2 N–H and O–H groups in total. The third-order valence-electron chi connectivity index (χ3n) is 3.42. The minimum absolute atomic E-state index is 0.278. The molecule has 2 aromatic heterocycles. The van der Waals surface area contributed by atoms with Crippen LogP contribution in [0.4, 0.5) is 13.2 Å². The van der Waals surface area contributed by atoms with E-state index in [4.69, 9.17) is 0 Å². The molecule has 7 heteroatoms. The molecule has 4 nitrogen and oxygen atoms in total. The maximum atomic E-state index is 12.5. The van der Waals surface area contributed by atoms with Crippen molar-refractivity contribution in [2.24, 2.45) is 0 Å². The Balaban J connectivity index is 1.64. The first-order chi connectivity index (χ1) is 10.5. The van der Waals surface area contributed by atoms with Gasteiger partial charge in [-0.15, -0.1) is 0 Å². The van der Waals surface area contributed by atoms with Crippen LogP contribution in [0.5, 0.6) is 0 Å². The Bertz CT molecular complexity index is 757. The zero-order valence-electron chi connectivity index (χ0n) is 11.7. The van der Waals surface area contributed by atoms with Gasteiger partial charge in [-0.05, 0) is 17.0 Å². The van der Waals surface area contributed by atoms with Crippen molar-refractivity contribution in [1.29, 1.82) is 0 Å². The van der Waals surface area contributed by atoms with Gasteiger partial charge in [0.25, 0.3) is 0 Å². The van der Waals surface area contributed by atoms with E-state index >= 15 is 0 Å². The zero-order chi connectivity index (χ0) is 15.6. The van der Waals surface area contributed by atoms with Crippen LogP contribution in [0.3, 0.4) is 0 Å². The lowest BCUT2D eigenvalue weighted by atomic mass is 10.1. The smallest absolute Gasteiger partial charge is 0.361 e. The number of hydrogen-bond donors (Lipinski definition) is 2. The third-order valence-corrected chi connectivity index (χ3v) is 3.42. The topological polar surface area (TPSA) is 45.6 Å². The minimum atomic E-state index is -4.24. The van der Waals surface area contributed by atoms with Gasteiger partial charge in [-0.3, -0.25) is 0 Å². The van der Waals surface area contributed by atoms with Gasteiger partial charge in [-0.2, -0.15) is 13.2 Å². The summed E-state index contributed by atoms with van der Waals surface area (Å²) < 4.78 is 38.5. The van der Waals surface area contributed by atoms with Crippen LogP contribution in [-0.2, 0) is 19.6 Å². The second-order valence-corrected chi connectivity index (χ2v) is 5.05. The summed E-state index contributed by atoms with van der Waals surface area (Å²) in [5, 5.41) is 4.25. The van der Waals surface area contributed by atoms with Crippen molar-refractivity contribution in [3.8, 4) is 0 Å². The van der Waals surface area contributed by atoms with Crippen molar-refractivity contribution in [1.82, 2.24) is 19.9 Å². The number of fused-ring (bicyclic) bond motifs is 1. The standard InChI is InChI=1S/C15H15F3N4/c16-15(17,18)10-22-7-6-20-13(22)9-19-8-12-3-1-2-11-4-5-21-14(11)12/h1-7,19,21H,8-10H2. The number of hydrogen-bond acceptors (Lipinski definition) is 2. The van der Waals surface area contributed by atoms with Crippen molar-refractivity contribution >= 4 is 10.9 Å². The number of alkyl halides is 3. The molecule has 116 valence electrons. The molecular weight excluding hydrogens is 293 g/mol. The van der Waals surface area contributed by atoms with Crippen LogP contribution in [0, 0.1) is 0 Å². The SMILES string of the molecule is FC(F)(F)Cn1ccnc1CNCc1cccc2cc[nH]c12. The molecule has 1 aromatic carbocycles. The fourth-order valence-corrected chi connectivity index (χ4v) is 2.45. The fraction of sp³-hybridized carbons (Fsp3) is 0.267. The molecule has 0 aliphatic carbocycles. The van der Waals surface area contributed by atoms with Gasteiger partial charge in [0.05, 0.1) is 6.54 Å². The maximum Gasteiger partial charge on any atom is 0.406 e. The largest absolute Gasteiger partial charge is 0.406 e. The Morgan fingerprint density at radius 2 is 2.05 bits per heavy atom. The molecule has 3 rings (SSSR count). The minimum Gasteiger partial charge on any atom is -0.361 e. The van der Waals surface area contributed by atoms with E-state index in [2.05, 4.69) is 15.3 Å². The van der Waals surface area contributed by atoms with E-state index in [1.807, 2.05) is 30.5 Å². The number of para-hydroxylation sites is 1. The molecule has 0 saturated carbocycles. The second-order valence-electron chi connectivity index (χ2n) is 5.05. The molecular formula is C15H15F3N4. The number of aromatic nitrogens is 3. The molecule has 0 radical (unpaired) electrons. The lowest BCUT2D eigenvalue weighted by Gasteiger charge is -2.11. The molecule has 0 unspecified atom stereocenters. The molecule has 3 aromatic rings. The summed E-state index contributed by atoms with van der Waals surface area (Å²) in [5.74, 6) is 0.371. The summed E-state index contributed by atoms with van der Waals surface area (Å²) in [6.45, 7) is -0.187. The molecule has 0 fully saturated rings. The highest BCUT2D eigenvalue weighted by atomic mass is 19.4. The van der Waals surface area contributed by atoms with Gasteiger partial charge in [0.1, 0.15) is 12.4 Å². The van der Waals surface area contributed by atoms with Crippen molar-refractivity contribution < 1.29 is 13.2 Å². The van der Waals surface area contributed by atoms with Gasteiger partial charge >= 0.3 is 6.18 Å². The third kappa shape index (κ3) is 3.30. The molecule has 0 saturated heterocycles. The summed E-state index contributed by atoms with van der Waals surface area (Å²) in [6, 6.07) is 7.92. The van der Waals surface area contributed by atoms with Gasteiger partial charge in [-0.25, -0.2) is 4.98 Å².